The lowest BCUT2D eigenvalue weighted by molar-refractivity contribution is 0.590. The van der Waals surface area contributed by atoms with Crippen LogP contribution in [0.2, 0.25) is 19.6 Å². The van der Waals surface area contributed by atoms with Crippen molar-refractivity contribution in [2.24, 2.45) is 0 Å². The number of anilines is 6. The summed E-state index contributed by atoms with van der Waals surface area (Å²) < 4.78 is 29.6. The topological polar surface area (TPSA) is 59.0 Å². The van der Waals surface area contributed by atoms with E-state index in [0.717, 1.165) is 155 Å². The Bertz CT molecular complexity index is 5720. The molecule has 4 aromatic heterocycles. The highest BCUT2D eigenvalue weighted by Gasteiger charge is 2.51. The summed E-state index contributed by atoms with van der Waals surface area (Å²) in [6, 6.07) is 87.3. The van der Waals surface area contributed by atoms with Gasteiger partial charge in [0.25, 0.3) is 0 Å². The van der Waals surface area contributed by atoms with Crippen molar-refractivity contribution < 1.29 is 17.7 Å². The number of hydrogen-bond donors (Lipinski definition) is 0. The fraction of sp³-hybridized carbons (Fsp3) is 0.163. The third kappa shape index (κ3) is 8.52. The molecule has 93 heavy (non-hydrogen) atoms. The second-order valence-electron chi connectivity index (χ2n) is 28.9. The van der Waals surface area contributed by atoms with Gasteiger partial charge in [0.05, 0.1) is 41.6 Å². The molecule has 0 bridgehead atoms. The molecule has 0 aliphatic heterocycles. The molecule has 1 unspecified atom stereocenters. The Labute approximate surface area is 542 Å². The number of hydrogen-bond acceptors (Lipinski definition) is 6. The molecule has 0 fully saturated rings. The molecular formula is C86H72N2O4Si. The Balaban J connectivity index is 1.09. The first kappa shape index (κ1) is 56.6. The van der Waals surface area contributed by atoms with Crippen molar-refractivity contribution in [3.05, 3.63) is 281 Å². The molecule has 16 aromatic rings. The monoisotopic (exact) mass is 1220 g/mol. The quantitative estimate of drug-likeness (QED) is 0.134. The molecule has 1 atom stereocenters. The predicted octanol–water partition coefficient (Wildman–Crippen LogP) is 24.3. The first-order valence-corrected chi connectivity index (χ1v) is 36.1. The Kier molecular flexibility index (Phi) is 12.4. The van der Waals surface area contributed by atoms with E-state index in [1.165, 1.54) is 27.4 Å². The molecule has 454 valence electrons. The van der Waals surface area contributed by atoms with Crippen LogP contribution in [-0.2, 0) is 16.2 Å². The molecule has 0 spiro atoms. The van der Waals surface area contributed by atoms with Crippen LogP contribution >= 0.6 is 0 Å². The predicted molar refractivity (Wildman–Crippen MR) is 392 cm³/mol. The molecule has 4 heterocycles. The Morgan fingerprint density at radius 3 is 1.29 bits per heavy atom. The van der Waals surface area contributed by atoms with Crippen molar-refractivity contribution in [3.63, 3.8) is 0 Å². The van der Waals surface area contributed by atoms with E-state index in [-0.39, 0.29) is 10.8 Å². The van der Waals surface area contributed by atoms with Gasteiger partial charge in [-0.15, -0.1) is 0 Å². The van der Waals surface area contributed by atoms with Gasteiger partial charge in [-0.05, 0) is 136 Å². The largest absolute Gasteiger partial charge is 0.455 e. The second-order valence-corrected chi connectivity index (χ2v) is 34.0. The van der Waals surface area contributed by atoms with Crippen LogP contribution in [0.3, 0.4) is 0 Å². The molecule has 0 saturated heterocycles. The van der Waals surface area contributed by atoms with E-state index in [0.29, 0.717) is 0 Å². The van der Waals surface area contributed by atoms with Crippen LogP contribution in [0.4, 0.5) is 34.1 Å². The van der Waals surface area contributed by atoms with Gasteiger partial charge in [-0.25, -0.2) is 0 Å². The summed E-state index contributed by atoms with van der Waals surface area (Å²) in [7, 11) is -1.83. The van der Waals surface area contributed by atoms with Gasteiger partial charge in [-0.2, -0.15) is 0 Å². The van der Waals surface area contributed by atoms with E-state index < -0.39 is 13.5 Å². The van der Waals surface area contributed by atoms with Crippen molar-refractivity contribution in [3.8, 4) is 11.1 Å². The number of aryl methyl sites for hydroxylation is 2. The molecule has 0 radical (unpaired) electrons. The SMILES string of the molecule is Cc1ccc(C)c(C2(c3ccc([Si](C)(C)C)cc3)c3cc(N(c4ccc(C(C)(C)C)cc4)c4cccc5c4oc4ccccc45)c4c(oc5ccccc54)c3-c3c2cc(N(c2ccc(C(C)(C)C)cc2)c2cccc4c2oc2ccccc24)c2oc4ccccc4c32)c1. The molecule has 1 aliphatic rings. The summed E-state index contributed by atoms with van der Waals surface area (Å²) in [6.45, 7) is 25.5. The summed E-state index contributed by atoms with van der Waals surface area (Å²) >= 11 is 0. The van der Waals surface area contributed by atoms with Crippen LogP contribution < -0.4 is 15.0 Å². The maximum absolute atomic E-state index is 7.77. The van der Waals surface area contributed by atoms with Crippen LogP contribution in [0.25, 0.3) is 98.9 Å². The molecule has 0 amide bonds. The first-order chi connectivity index (χ1) is 44.8. The lowest BCUT2D eigenvalue weighted by Gasteiger charge is -2.37. The molecule has 0 N–H and O–H groups in total. The number of benzene rings is 12. The zero-order valence-corrected chi connectivity index (χ0v) is 55.5. The van der Waals surface area contributed by atoms with Crippen molar-refractivity contribution in [1.29, 1.82) is 0 Å². The van der Waals surface area contributed by atoms with Gasteiger partial charge in [0.2, 0.25) is 0 Å². The average Bonchev–Trinajstić information content (AvgIpc) is 1.50. The van der Waals surface area contributed by atoms with Crippen LogP contribution in [-0.4, -0.2) is 8.07 Å². The van der Waals surface area contributed by atoms with Gasteiger partial charge < -0.3 is 27.5 Å². The van der Waals surface area contributed by atoms with Crippen LogP contribution in [0, 0.1) is 13.8 Å². The minimum absolute atomic E-state index is 0.0860. The van der Waals surface area contributed by atoms with Crippen LogP contribution in [0.5, 0.6) is 0 Å². The maximum Gasteiger partial charge on any atom is 0.160 e. The van der Waals surface area contributed by atoms with Crippen molar-refractivity contribution in [1.82, 2.24) is 0 Å². The lowest BCUT2D eigenvalue weighted by Crippen LogP contribution is -2.38. The molecule has 17 rings (SSSR count). The van der Waals surface area contributed by atoms with Crippen LogP contribution in [0.15, 0.2) is 254 Å². The maximum atomic E-state index is 7.77. The smallest absolute Gasteiger partial charge is 0.160 e. The van der Waals surface area contributed by atoms with Crippen LogP contribution in [0.1, 0.15) is 86.1 Å². The minimum atomic E-state index is -1.83. The summed E-state index contributed by atoms with van der Waals surface area (Å²) in [4.78, 5) is 4.87. The molecule has 0 saturated carbocycles. The number of furan rings is 4. The fourth-order valence-electron chi connectivity index (χ4n) is 15.3. The minimum Gasteiger partial charge on any atom is -0.455 e. The zero-order chi connectivity index (χ0) is 63.6. The van der Waals surface area contributed by atoms with E-state index in [4.69, 9.17) is 17.7 Å². The molecule has 6 nitrogen and oxygen atoms in total. The standard InChI is InChI=1S/C86H72N2O4Si/c1-51-34-35-52(2)65(48-51)86(55-40-46-58(47-41-55)93(9,10)11)66-50-71(88(57-44-38-54(39-45-57)85(6,7)8)69-29-21-27-62-60-23-13-17-31-73(60)90-81(62)69)82-77(64-25-15-19-33-75(64)91-82)78(66)79-67(86)49-70(76-63-24-14-18-32-74(63)92-83(76)79)87(56-42-36-53(37-43-56)84(3,4)5)68-28-20-26-61-59-22-12-16-30-72(59)89-80(61)68/h12-50H,1-11H3. The molecule has 7 heteroatoms. The molecular weight excluding hydrogens is 1150 g/mol. The summed E-state index contributed by atoms with van der Waals surface area (Å²) in [5.41, 5.74) is 22.3. The van der Waals surface area contributed by atoms with Gasteiger partial charge >= 0.3 is 0 Å². The van der Waals surface area contributed by atoms with Gasteiger partial charge in [-0.3, -0.25) is 0 Å². The first-order valence-electron chi connectivity index (χ1n) is 32.6. The van der Waals surface area contributed by atoms with E-state index in [2.05, 4.69) is 321 Å². The summed E-state index contributed by atoms with van der Waals surface area (Å²) in [5, 5.41) is 9.63. The summed E-state index contributed by atoms with van der Waals surface area (Å²) in [6.07, 6.45) is 0. The molecule has 12 aromatic carbocycles. The Morgan fingerprint density at radius 2 is 0.774 bits per heavy atom. The highest BCUT2D eigenvalue weighted by Crippen LogP contribution is 2.65. The van der Waals surface area contributed by atoms with E-state index >= 15 is 0 Å². The highest BCUT2D eigenvalue weighted by molar-refractivity contribution is 6.88. The van der Waals surface area contributed by atoms with Crippen molar-refractivity contribution in [2.45, 2.75) is 91.3 Å². The lowest BCUT2D eigenvalue weighted by atomic mass is 9.66. The zero-order valence-electron chi connectivity index (χ0n) is 54.5. The Hall–Kier alpha value is -10.3. The number of fused-ring (bicyclic) bond motifs is 17. The Morgan fingerprint density at radius 1 is 0.344 bits per heavy atom. The van der Waals surface area contributed by atoms with E-state index in [1.807, 2.05) is 0 Å². The van der Waals surface area contributed by atoms with Crippen molar-refractivity contribution >= 4 is 135 Å². The number of nitrogens with zero attached hydrogens (tertiary/aromatic N) is 2. The third-order valence-corrected chi connectivity index (χ3v) is 22.1. The number of rotatable bonds is 9. The normalized spacial score (nSPS) is 14.4. The second kappa shape index (κ2) is 20.3. The van der Waals surface area contributed by atoms with Gasteiger partial charge in [-0.1, -0.05) is 236 Å². The average molecular weight is 1230 g/mol. The van der Waals surface area contributed by atoms with Gasteiger partial charge in [0, 0.05) is 60.2 Å². The fourth-order valence-corrected chi connectivity index (χ4v) is 16.5. The van der Waals surface area contributed by atoms with Crippen molar-refractivity contribution in [2.75, 3.05) is 9.80 Å². The highest BCUT2D eigenvalue weighted by atomic mass is 28.3. The van der Waals surface area contributed by atoms with E-state index in [1.54, 1.807) is 0 Å². The third-order valence-electron chi connectivity index (χ3n) is 20.0. The van der Waals surface area contributed by atoms with E-state index in [9.17, 15) is 0 Å². The van der Waals surface area contributed by atoms with Gasteiger partial charge in [0.1, 0.15) is 27.9 Å². The summed E-state index contributed by atoms with van der Waals surface area (Å²) in [5.74, 6) is 0. The number of para-hydroxylation sites is 6. The molecule has 1 aliphatic carbocycles. The van der Waals surface area contributed by atoms with Gasteiger partial charge in [0.15, 0.2) is 16.7 Å².